The molecular weight excluding hydrogens is 344 g/mol. The fourth-order valence-electron chi connectivity index (χ4n) is 2.13. The number of hydrogen-bond donors (Lipinski definition) is 1. The Morgan fingerprint density at radius 3 is 2.44 bits per heavy atom. The van der Waals surface area contributed by atoms with Crippen molar-refractivity contribution in [3.63, 3.8) is 0 Å². The minimum Gasteiger partial charge on any atom is -0.497 e. The molecule has 0 aliphatic rings. The van der Waals surface area contributed by atoms with E-state index in [9.17, 15) is 9.59 Å². The summed E-state index contributed by atoms with van der Waals surface area (Å²) in [6.07, 6.45) is 0. The smallest absolute Gasteiger partial charge is 0.340 e. The second-order valence-corrected chi connectivity index (χ2v) is 5.84. The minimum atomic E-state index is -0.666. The number of carbonyl (C=O) groups is 2. The van der Waals surface area contributed by atoms with Gasteiger partial charge in [-0.3, -0.25) is 4.79 Å². The Balaban J connectivity index is 1.88. The van der Waals surface area contributed by atoms with Crippen LogP contribution < -0.4 is 10.5 Å². The lowest BCUT2D eigenvalue weighted by Gasteiger charge is -2.17. The number of nitrogen functional groups attached to an aromatic ring is 1. The molecule has 0 spiro atoms. The first-order chi connectivity index (χ1) is 11.9. The third kappa shape index (κ3) is 5.12. The number of benzene rings is 2. The third-order valence-electron chi connectivity index (χ3n) is 3.56. The topological polar surface area (TPSA) is 81.9 Å². The van der Waals surface area contributed by atoms with Crippen LogP contribution in [0.4, 0.5) is 5.69 Å². The second-order valence-electron chi connectivity index (χ2n) is 5.41. The van der Waals surface area contributed by atoms with Crippen LogP contribution in [0.2, 0.25) is 5.02 Å². The standard InChI is InChI=1S/C18H19ClN2O4/c1-21(10-12-3-6-14(24-2)7-4-12)17(22)11-25-18(23)15-8-5-13(19)9-16(15)20/h3-9H,10-11,20H2,1-2H3. The lowest BCUT2D eigenvalue weighted by atomic mass is 10.2. The zero-order valence-electron chi connectivity index (χ0n) is 14.0. The molecule has 1 amide bonds. The molecule has 0 aliphatic heterocycles. The van der Waals surface area contributed by atoms with Crippen molar-refractivity contribution < 1.29 is 19.1 Å². The van der Waals surface area contributed by atoms with Gasteiger partial charge >= 0.3 is 5.97 Å². The SMILES string of the molecule is COc1ccc(CN(C)C(=O)COC(=O)c2ccc(Cl)cc2N)cc1. The van der Waals surface area contributed by atoms with Gasteiger partial charge in [0.05, 0.1) is 12.7 Å². The van der Waals surface area contributed by atoms with E-state index in [0.717, 1.165) is 11.3 Å². The number of ether oxygens (including phenoxy) is 2. The van der Waals surface area contributed by atoms with E-state index in [2.05, 4.69) is 0 Å². The molecule has 25 heavy (non-hydrogen) atoms. The number of methoxy groups -OCH3 is 1. The molecule has 0 atom stereocenters. The van der Waals surface area contributed by atoms with Crippen molar-refractivity contribution in [2.24, 2.45) is 0 Å². The number of likely N-dealkylation sites (N-methyl/N-ethyl adjacent to an activating group) is 1. The summed E-state index contributed by atoms with van der Waals surface area (Å²) in [6.45, 7) is 0.0248. The van der Waals surface area contributed by atoms with E-state index >= 15 is 0 Å². The third-order valence-corrected chi connectivity index (χ3v) is 3.80. The highest BCUT2D eigenvalue weighted by atomic mass is 35.5. The normalized spacial score (nSPS) is 10.2. The van der Waals surface area contributed by atoms with Crippen molar-refractivity contribution >= 4 is 29.2 Å². The van der Waals surface area contributed by atoms with E-state index in [1.165, 1.54) is 23.1 Å². The van der Waals surface area contributed by atoms with Crippen LogP contribution in [0.25, 0.3) is 0 Å². The first-order valence-electron chi connectivity index (χ1n) is 7.49. The van der Waals surface area contributed by atoms with Crippen LogP contribution in [0, 0.1) is 0 Å². The number of nitrogens with zero attached hydrogens (tertiary/aromatic N) is 1. The summed E-state index contributed by atoms with van der Waals surface area (Å²) < 4.78 is 10.1. The Kier molecular flexibility index (Phi) is 6.25. The average Bonchev–Trinajstić information content (AvgIpc) is 2.60. The molecule has 0 saturated heterocycles. The Morgan fingerprint density at radius 2 is 1.84 bits per heavy atom. The predicted molar refractivity (Wildman–Crippen MR) is 95.6 cm³/mol. The molecule has 0 fully saturated rings. The summed E-state index contributed by atoms with van der Waals surface area (Å²) in [6, 6.07) is 11.8. The predicted octanol–water partition coefficient (Wildman–Crippen LogP) is 2.75. The fraction of sp³-hybridized carbons (Fsp3) is 0.222. The van der Waals surface area contributed by atoms with E-state index in [1.807, 2.05) is 24.3 Å². The van der Waals surface area contributed by atoms with Gasteiger partial charge in [0.15, 0.2) is 6.61 Å². The molecule has 2 rings (SSSR count). The summed E-state index contributed by atoms with van der Waals surface area (Å²) in [4.78, 5) is 25.6. The number of rotatable bonds is 6. The van der Waals surface area contributed by atoms with Crippen LogP contribution in [0.5, 0.6) is 5.75 Å². The van der Waals surface area contributed by atoms with Crippen LogP contribution >= 0.6 is 11.6 Å². The van der Waals surface area contributed by atoms with Gasteiger partial charge in [-0.1, -0.05) is 23.7 Å². The highest BCUT2D eigenvalue weighted by Gasteiger charge is 2.16. The second kappa shape index (κ2) is 8.39. The number of carbonyl (C=O) groups excluding carboxylic acids is 2. The van der Waals surface area contributed by atoms with E-state index < -0.39 is 5.97 Å². The molecule has 132 valence electrons. The van der Waals surface area contributed by atoms with E-state index in [0.29, 0.717) is 11.6 Å². The molecule has 2 N–H and O–H groups in total. The molecule has 0 heterocycles. The molecule has 2 aromatic rings. The van der Waals surface area contributed by atoms with Crippen LogP contribution in [0.1, 0.15) is 15.9 Å². The van der Waals surface area contributed by atoms with Crippen molar-refractivity contribution in [1.82, 2.24) is 4.90 Å². The number of halogens is 1. The quantitative estimate of drug-likeness (QED) is 0.631. The highest BCUT2D eigenvalue weighted by molar-refractivity contribution is 6.31. The van der Waals surface area contributed by atoms with Crippen LogP contribution in [0.15, 0.2) is 42.5 Å². The molecule has 0 bridgehead atoms. The largest absolute Gasteiger partial charge is 0.497 e. The summed E-state index contributed by atoms with van der Waals surface area (Å²) in [7, 11) is 3.23. The van der Waals surface area contributed by atoms with Gasteiger partial charge in [0, 0.05) is 24.3 Å². The average molecular weight is 363 g/mol. The minimum absolute atomic E-state index is 0.176. The van der Waals surface area contributed by atoms with Crippen LogP contribution in [0.3, 0.4) is 0 Å². The first-order valence-corrected chi connectivity index (χ1v) is 7.87. The molecular formula is C18H19ClN2O4. The van der Waals surface area contributed by atoms with Gasteiger partial charge in [0.25, 0.3) is 5.91 Å². The maximum atomic E-state index is 12.1. The van der Waals surface area contributed by atoms with Crippen LogP contribution in [-0.2, 0) is 16.1 Å². The molecule has 0 unspecified atom stereocenters. The number of anilines is 1. The number of esters is 1. The molecule has 0 aliphatic carbocycles. The van der Waals surface area contributed by atoms with Gasteiger partial charge in [-0.05, 0) is 35.9 Å². The number of amides is 1. The van der Waals surface area contributed by atoms with Crippen molar-refractivity contribution in [1.29, 1.82) is 0 Å². The van der Waals surface area contributed by atoms with Gasteiger partial charge < -0.3 is 20.1 Å². The van der Waals surface area contributed by atoms with Crippen molar-refractivity contribution in [3.8, 4) is 5.75 Å². The lowest BCUT2D eigenvalue weighted by molar-refractivity contribution is -0.133. The van der Waals surface area contributed by atoms with Crippen molar-refractivity contribution in [2.45, 2.75) is 6.54 Å². The number of nitrogens with two attached hydrogens (primary N) is 1. The molecule has 0 aromatic heterocycles. The zero-order chi connectivity index (χ0) is 18.4. The lowest BCUT2D eigenvalue weighted by Crippen LogP contribution is -2.30. The number of hydrogen-bond acceptors (Lipinski definition) is 5. The Morgan fingerprint density at radius 1 is 1.16 bits per heavy atom. The van der Waals surface area contributed by atoms with E-state index in [4.69, 9.17) is 26.8 Å². The molecule has 6 nitrogen and oxygen atoms in total. The highest BCUT2D eigenvalue weighted by Crippen LogP contribution is 2.19. The molecule has 0 saturated carbocycles. The molecule has 7 heteroatoms. The van der Waals surface area contributed by atoms with Crippen molar-refractivity contribution in [3.05, 3.63) is 58.6 Å². The Labute approximate surface area is 151 Å². The fourth-order valence-corrected chi connectivity index (χ4v) is 2.31. The summed E-state index contributed by atoms with van der Waals surface area (Å²) in [5.74, 6) is -0.246. The maximum absolute atomic E-state index is 12.1. The van der Waals surface area contributed by atoms with Gasteiger partial charge in [-0.2, -0.15) is 0 Å². The molecule has 0 radical (unpaired) electrons. The zero-order valence-corrected chi connectivity index (χ0v) is 14.7. The Hall–Kier alpha value is -2.73. The van der Waals surface area contributed by atoms with Gasteiger partial charge in [-0.15, -0.1) is 0 Å². The maximum Gasteiger partial charge on any atom is 0.340 e. The first kappa shape index (κ1) is 18.6. The van der Waals surface area contributed by atoms with Gasteiger partial charge in [0.1, 0.15) is 5.75 Å². The summed E-state index contributed by atoms with van der Waals surface area (Å²) in [5, 5.41) is 0.421. The Bertz CT molecular complexity index is 762. The molecule has 2 aromatic carbocycles. The van der Waals surface area contributed by atoms with Crippen LogP contribution in [-0.4, -0.2) is 37.5 Å². The summed E-state index contributed by atoms with van der Waals surface area (Å²) >= 11 is 5.79. The van der Waals surface area contributed by atoms with E-state index in [-0.39, 0.29) is 23.8 Å². The van der Waals surface area contributed by atoms with E-state index in [1.54, 1.807) is 14.2 Å². The van der Waals surface area contributed by atoms with Gasteiger partial charge in [-0.25, -0.2) is 4.79 Å². The van der Waals surface area contributed by atoms with Crippen molar-refractivity contribution in [2.75, 3.05) is 26.5 Å². The van der Waals surface area contributed by atoms with Gasteiger partial charge in [0.2, 0.25) is 0 Å². The monoisotopic (exact) mass is 362 g/mol. The summed E-state index contributed by atoms with van der Waals surface area (Å²) in [5.41, 5.74) is 7.04.